The topological polar surface area (TPSA) is 32.3 Å². The van der Waals surface area contributed by atoms with Gasteiger partial charge in [-0.05, 0) is 44.8 Å². The second kappa shape index (κ2) is 5.04. The van der Waals surface area contributed by atoms with Gasteiger partial charge in [-0.3, -0.25) is 4.79 Å². The van der Waals surface area contributed by atoms with E-state index >= 15 is 0 Å². The van der Waals surface area contributed by atoms with Crippen LogP contribution >= 0.6 is 11.8 Å². The SMILES string of the molecule is CSC1(CN2CCCC(NC3CC3)C2=O)CCC1. The minimum absolute atomic E-state index is 0.116. The first-order chi connectivity index (χ1) is 8.72. The van der Waals surface area contributed by atoms with E-state index in [-0.39, 0.29) is 6.04 Å². The number of rotatable bonds is 5. The summed E-state index contributed by atoms with van der Waals surface area (Å²) in [4.78, 5) is 14.6. The van der Waals surface area contributed by atoms with E-state index in [4.69, 9.17) is 0 Å². The zero-order chi connectivity index (χ0) is 12.6. The average molecular weight is 268 g/mol. The van der Waals surface area contributed by atoms with E-state index < -0.39 is 0 Å². The van der Waals surface area contributed by atoms with E-state index in [1.165, 1.54) is 38.5 Å². The highest BCUT2D eigenvalue weighted by Gasteiger charge is 2.41. The normalized spacial score (nSPS) is 31.3. The fraction of sp³-hybridized carbons (Fsp3) is 0.929. The van der Waals surface area contributed by atoms with Crippen molar-refractivity contribution in [3.63, 3.8) is 0 Å². The van der Waals surface area contributed by atoms with Crippen molar-refractivity contribution in [2.24, 2.45) is 0 Å². The summed E-state index contributed by atoms with van der Waals surface area (Å²) >= 11 is 1.97. The summed E-state index contributed by atoms with van der Waals surface area (Å²) in [7, 11) is 0. The maximum absolute atomic E-state index is 12.5. The third-order valence-corrected chi connectivity index (χ3v) is 6.13. The van der Waals surface area contributed by atoms with Crippen LogP contribution in [0.1, 0.15) is 44.9 Å². The van der Waals surface area contributed by atoms with Crippen LogP contribution in [0.2, 0.25) is 0 Å². The van der Waals surface area contributed by atoms with Gasteiger partial charge in [0.15, 0.2) is 0 Å². The van der Waals surface area contributed by atoms with Crippen molar-refractivity contribution in [3.05, 3.63) is 0 Å². The van der Waals surface area contributed by atoms with E-state index in [2.05, 4.69) is 16.5 Å². The van der Waals surface area contributed by atoms with Gasteiger partial charge >= 0.3 is 0 Å². The zero-order valence-corrected chi connectivity index (χ0v) is 12.1. The molecule has 3 aliphatic rings. The standard InChI is InChI=1S/C14H24N2OS/c1-18-14(7-3-8-14)10-16-9-2-4-12(13(16)17)15-11-5-6-11/h11-12,15H,2-10H2,1H3. The molecule has 1 N–H and O–H groups in total. The number of amides is 1. The fourth-order valence-electron chi connectivity index (χ4n) is 3.13. The van der Waals surface area contributed by atoms with Crippen LogP contribution in [0.25, 0.3) is 0 Å². The predicted molar refractivity (Wildman–Crippen MR) is 75.9 cm³/mol. The first-order valence-electron chi connectivity index (χ1n) is 7.32. The van der Waals surface area contributed by atoms with Gasteiger partial charge in [-0.2, -0.15) is 11.8 Å². The van der Waals surface area contributed by atoms with Gasteiger partial charge in [-0.1, -0.05) is 6.42 Å². The molecule has 2 aliphatic carbocycles. The summed E-state index contributed by atoms with van der Waals surface area (Å²) in [6.07, 6.45) is 10.9. The van der Waals surface area contributed by atoms with Gasteiger partial charge in [0.2, 0.25) is 5.91 Å². The van der Waals surface area contributed by atoms with Crippen molar-refractivity contribution in [2.75, 3.05) is 19.3 Å². The summed E-state index contributed by atoms with van der Waals surface area (Å²) in [6.45, 7) is 1.96. The van der Waals surface area contributed by atoms with Crippen molar-refractivity contribution in [1.82, 2.24) is 10.2 Å². The van der Waals surface area contributed by atoms with Gasteiger partial charge in [-0.25, -0.2) is 0 Å². The van der Waals surface area contributed by atoms with Crippen LogP contribution in [0.4, 0.5) is 0 Å². The Balaban J connectivity index is 1.58. The Morgan fingerprint density at radius 2 is 2.11 bits per heavy atom. The lowest BCUT2D eigenvalue weighted by molar-refractivity contribution is -0.136. The number of nitrogens with zero attached hydrogens (tertiary/aromatic N) is 1. The Hall–Kier alpha value is -0.220. The summed E-state index contributed by atoms with van der Waals surface area (Å²) in [5.74, 6) is 0.369. The average Bonchev–Trinajstić information content (AvgIpc) is 3.12. The Labute approximate surface area is 114 Å². The van der Waals surface area contributed by atoms with Gasteiger partial charge < -0.3 is 10.2 Å². The highest BCUT2D eigenvalue weighted by molar-refractivity contribution is 8.00. The number of carbonyl (C=O) groups excluding carboxylic acids is 1. The molecule has 102 valence electrons. The van der Waals surface area contributed by atoms with Gasteiger partial charge in [0.05, 0.1) is 6.04 Å². The lowest BCUT2D eigenvalue weighted by Crippen LogP contribution is -2.56. The Morgan fingerprint density at radius 1 is 1.33 bits per heavy atom. The van der Waals surface area contributed by atoms with Gasteiger partial charge in [0.1, 0.15) is 0 Å². The number of piperidine rings is 1. The van der Waals surface area contributed by atoms with Gasteiger partial charge in [-0.15, -0.1) is 0 Å². The third-order valence-electron chi connectivity index (χ3n) is 4.72. The molecular weight excluding hydrogens is 244 g/mol. The van der Waals surface area contributed by atoms with Crippen LogP contribution in [-0.2, 0) is 4.79 Å². The molecule has 0 aromatic rings. The van der Waals surface area contributed by atoms with Crippen LogP contribution in [0, 0.1) is 0 Å². The molecule has 1 aliphatic heterocycles. The van der Waals surface area contributed by atoms with E-state index in [1.807, 2.05) is 11.8 Å². The molecule has 18 heavy (non-hydrogen) atoms. The van der Waals surface area contributed by atoms with Crippen LogP contribution in [0.3, 0.4) is 0 Å². The Morgan fingerprint density at radius 3 is 2.67 bits per heavy atom. The number of hydrogen-bond acceptors (Lipinski definition) is 3. The molecule has 3 fully saturated rings. The molecular formula is C14H24N2OS. The monoisotopic (exact) mass is 268 g/mol. The summed E-state index contributed by atoms with van der Waals surface area (Å²) < 4.78 is 0.386. The first-order valence-corrected chi connectivity index (χ1v) is 8.55. The molecule has 3 rings (SSSR count). The zero-order valence-electron chi connectivity index (χ0n) is 11.3. The maximum Gasteiger partial charge on any atom is 0.239 e. The fourth-order valence-corrected chi connectivity index (χ4v) is 4.11. The molecule has 1 amide bonds. The molecule has 3 nitrogen and oxygen atoms in total. The molecule has 1 saturated heterocycles. The molecule has 0 radical (unpaired) electrons. The number of hydrogen-bond donors (Lipinski definition) is 1. The van der Waals surface area contributed by atoms with Crippen molar-refractivity contribution in [1.29, 1.82) is 0 Å². The summed E-state index contributed by atoms with van der Waals surface area (Å²) in [5, 5.41) is 3.51. The lowest BCUT2D eigenvalue weighted by atomic mass is 9.83. The smallest absolute Gasteiger partial charge is 0.239 e. The predicted octanol–water partition coefficient (Wildman–Crippen LogP) is 2.02. The molecule has 2 saturated carbocycles. The lowest BCUT2D eigenvalue weighted by Gasteiger charge is -2.45. The minimum atomic E-state index is 0.116. The quantitative estimate of drug-likeness (QED) is 0.828. The largest absolute Gasteiger partial charge is 0.340 e. The summed E-state index contributed by atoms with van der Waals surface area (Å²) in [6, 6.07) is 0.752. The number of nitrogens with one attached hydrogen (secondary N) is 1. The maximum atomic E-state index is 12.5. The van der Waals surface area contributed by atoms with E-state index in [9.17, 15) is 4.79 Å². The van der Waals surface area contributed by atoms with Crippen molar-refractivity contribution in [3.8, 4) is 0 Å². The van der Waals surface area contributed by atoms with Crippen LogP contribution < -0.4 is 5.32 Å². The Kier molecular flexibility index (Phi) is 3.59. The first kappa shape index (κ1) is 12.8. The van der Waals surface area contributed by atoms with Crippen LogP contribution in [-0.4, -0.2) is 47.0 Å². The molecule has 0 aromatic heterocycles. The van der Waals surface area contributed by atoms with Crippen LogP contribution in [0.5, 0.6) is 0 Å². The molecule has 0 aromatic carbocycles. The highest BCUT2D eigenvalue weighted by Crippen LogP contribution is 2.43. The molecule has 4 heteroatoms. The second-order valence-electron chi connectivity index (χ2n) is 6.14. The van der Waals surface area contributed by atoms with E-state index in [1.54, 1.807) is 0 Å². The number of likely N-dealkylation sites (tertiary alicyclic amines) is 1. The van der Waals surface area contributed by atoms with E-state index in [0.29, 0.717) is 16.7 Å². The van der Waals surface area contributed by atoms with Crippen molar-refractivity contribution < 1.29 is 4.79 Å². The molecule has 1 atom stereocenters. The third kappa shape index (κ3) is 2.55. The van der Waals surface area contributed by atoms with Crippen molar-refractivity contribution in [2.45, 2.75) is 61.8 Å². The number of thioether (sulfide) groups is 1. The van der Waals surface area contributed by atoms with Gasteiger partial charge in [0.25, 0.3) is 0 Å². The minimum Gasteiger partial charge on any atom is -0.340 e. The van der Waals surface area contributed by atoms with Crippen molar-refractivity contribution >= 4 is 17.7 Å². The molecule has 1 unspecified atom stereocenters. The molecule has 0 spiro atoms. The second-order valence-corrected chi connectivity index (χ2v) is 7.41. The number of carbonyl (C=O) groups is 1. The highest BCUT2D eigenvalue weighted by atomic mass is 32.2. The Bertz CT molecular complexity index is 320. The van der Waals surface area contributed by atoms with E-state index in [0.717, 1.165) is 19.5 Å². The molecule has 1 heterocycles. The van der Waals surface area contributed by atoms with Gasteiger partial charge in [0, 0.05) is 23.9 Å². The summed E-state index contributed by atoms with van der Waals surface area (Å²) in [5.41, 5.74) is 0. The van der Waals surface area contributed by atoms with Crippen LogP contribution in [0.15, 0.2) is 0 Å². The molecule has 0 bridgehead atoms.